The number of methoxy groups -OCH3 is 1. The molecule has 0 radical (unpaired) electrons. The summed E-state index contributed by atoms with van der Waals surface area (Å²) in [5.41, 5.74) is 6.96. The molecule has 0 amide bonds. The summed E-state index contributed by atoms with van der Waals surface area (Å²) < 4.78 is 7.14. The maximum atomic E-state index is 5.24. The van der Waals surface area contributed by atoms with E-state index in [1.54, 1.807) is 18.9 Å². The summed E-state index contributed by atoms with van der Waals surface area (Å²) in [4.78, 5) is 4.59. The van der Waals surface area contributed by atoms with Crippen LogP contribution in [0.5, 0.6) is 5.75 Å². The number of aromatic nitrogens is 3. The molecule has 0 fully saturated rings. The van der Waals surface area contributed by atoms with Crippen LogP contribution in [0, 0.1) is 13.8 Å². The van der Waals surface area contributed by atoms with Gasteiger partial charge in [-0.1, -0.05) is 35.5 Å². The first-order valence-electron chi connectivity index (χ1n) is 8.82. The van der Waals surface area contributed by atoms with Crippen molar-refractivity contribution in [3.63, 3.8) is 0 Å². The fourth-order valence-electron chi connectivity index (χ4n) is 3.01. The number of hydrogen-bond donors (Lipinski definition) is 0. The van der Waals surface area contributed by atoms with Crippen LogP contribution >= 0.6 is 11.8 Å². The van der Waals surface area contributed by atoms with Crippen LogP contribution in [0.25, 0.3) is 16.8 Å². The highest BCUT2D eigenvalue weighted by Gasteiger charge is 2.10. The van der Waals surface area contributed by atoms with Gasteiger partial charge in [0.15, 0.2) is 0 Å². The highest BCUT2D eigenvalue weighted by atomic mass is 32.2. The van der Waals surface area contributed by atoms with E-state index in [0.29, 0.717) is 0 Å². The lowest BCUT2D eigenvalue weighted by atomic mass is 10.1. The number of fused-ring (bicyclic) bond motifs is 1. The average Bonchev–Trinajstić information content (AvgIpc) is 3.13. The third-order valence-corrected chi connectivity index (χ3v) is 5.65. The Bertz CT molecular complexity index is 1090. The predicted octanol–water partition coefficient (Wildman–Crippen LogP) is 5.31. The molecule has 0 atom stereocenters. The van der Waals surface area contributed by atoms with Crippen molar-refractivity contribution in [2.75, 3.05) is 7.11 Å². The molecule has 136 valence electrons. The molecule has 4 aromatic rings. The Morgan fingerprint density at radius 3 is 2.63 bits per heavy atom. The zero-order chi connectivity index (χ0) is 18.8. The second kappa shape index (κ2) is 7.45. The van der Waals surface area contributed by atoms with Gasteiger partial charge in [-0.05, 0) is 55.3 Å². The molecule has 2 heterocycles. The fourth-order valence-corrected chi connectivity index (χ4v) is 4.05. The number of ether oxygens (including phenoxy) is 1. The van der Waals surface area contributed by atoms with Crippen molar-refractivity contribution >= 4 is 17.3 Å². The van der Waals surface area contributed by atoms with Gasteiger partial charge in [-0.3, -0.25) is 0 Å². The molecule has 0 saturated carbocycles. The third kappa shape index (κ3) is 3.69. The third-order valence-electron chi connectivity index (χ3n) is 4.61. The Hall–Kier alpha value is -2.79. The SMILES string of the molecule is COc1ccc(-c2cc3c(SCc4cc(C)ccc4C)nccn3n2)cc1. The number of hydrogen-bond acceptors (Lipinski definition) is 4. The summed E-state index contributed by atoms with van der Waals surface area (Å²) in [6.45, 7) is 4.29. The molecular formula is C22H21N3OS. The van der Waals surface area contributed by atoms with Crippen LogP contribution < -0.4 is 4.74 Å². The minimum Gasteiger partial charge on any atom is -0.497 e. The fraction of sp³-hybridized carbons (Fsp3) is 0.182. The van der Waals surface area contributed by atoms with Gasteiger partial charge >= 0.3 is 0 Å². The highest BCUT2D eigenvalue weighted by Crippen LogP contribution is 2.29. The largest absolute Gasteiger partial charge is 0.497 e. The standard InChI is InChI=1S/C22H21N3OS/c1-15-4-5-16(2)18(12-15)14-27-22-21-13-20(24-25(21)11-10-23-22)17-6-8-19(26-3)9-7-17/h4-13H,14H2,1-3H3. The van der Waals surface area contributed by atoms with Gasteiger partial charge in [0.25, 0.3) is 0 Å². The maximum absolute atomic E-state index is 5.24. The van der Waals surface area contributed by atoms with E-state index in [0.717, 1.165) is 33.3 Å². The zero-order valence-electron chi connectivity index (χ0n) is 15.6. The quantitative estimate of drug-likeness (QED) is 0.443. The summed E-state index contributed by atoms with van der Waals surface area (Å²) in [5.74, 6) is 1.73. The summed E-state index contributed by atoms with van der Waals surface area (Å²) >= 11 is 1.75. The monoisotopic (exact) mass is 375 g/mol. The molecular weight excluding hydrogens is 354 g/mol. The van der Waals surface area contributed by atoms with Gasteiger partial charge in [0.2, 0.25) is 0 Å². The Balaban J connectivity index is 1.63. The number of aryl methyl sites for hydroxylation is 2. The Morgan fingerprint density at radius 2 is 1.85 bits per heavy atom. The second-order valence-corrected chi connectivity index (χ2v) is 7.50. The molecule has 4 nitrogen and oxygen atoms in total. The molecule has 0 aliphatic carbocycles. The topological polar surface area (TPSA) is 39.4 Å². The predicted molar refractivity (Wildman–Crippen MR) is 110 cm³/mol. The second-order valence-electron chi connectivity index (χ2n) is 6.54. The van der Waals surface area contributed by atoms with Crippen molar-refractivity contribution in [2.45, 2.75) is 24.6 Å². The summed E-state index contributed by atoms with van der Waals surface area (Å²) in [7, 11) is 1.67. The lowest BCUT2D eigenvalue weighted by molar-refractivity contribution is 0.415. The van der Waals surface area contributed by atoms with Gasteiger partial charge in [-0.2, -0.15) is 5.10 Å². The van der Waals surface area contributed by atoms with E-state index >= 15 is 0 Å². The van der Waals surface area contributed by atoms with E-state index in [1.165, 1.54) is 16.7 Å². The van der Waals surface area contributed by atoms with Crippen LogP contribution in [-0.4, -0.2) is 21.7 Å². The van der Waals surface area contributed by atoms with E-state index in [1.807, 2.05) is 41.2 Å². The van der Waals surface area contributed by atoms with Crippen LogP contribution in [0.2, 0.25) is 0 Å². The summed E-state index contributed by atoms with van der Waals surface area (Å²) in [6.07, 6.45) is 3.70. The average molecular weight is 375 g/mol. The van der Waals surface area contributed by atoms with E-state index in [4.69, 9.17) is 9.84 Å². The Kier molecular flexibility index (Phi) is 4.86. The summed E-state index contributed by atoms with van der Waals surface area (Å²) in [5, 5.41) is 5.70. The van der Waals surface area contributed by atoms with Crippen LogP contribution in [0.1, 0.15) is 16.7 Å². The summed E-state index contributed by atoms with van der Waals surface area (Å²) in [6, 6.07) is 16.6. The normalized spacial score (nSPS) is 11.1. The number of thioether (sulfide) groups is 1. The van der Waals surface area contributed by atoms with Crippen LogP contribution in [-0.2, 0) is 5.75 Å². The number of rotatable bonds is 5. The van der Waals surface area contributed by atoms with Crippen LogP contribution in [0.4, 0.5) is 0 Å². The van der Waals surface area contributed by atoms with Crippen molar-refractivity contribution in [1.29, 1.82) is 0 Å². The van der Waals surface area contributed by atoms with Crippen molar-refractivity contribution in [3.05, 3.63) is 77.6 Å². The zero-order valence-corrected chi connectivity index (χ0v) is 16.5. The van der Waals surface area contributed by atoms with Crippen molar-refractivity contribution < 1.29 is 4.74 Å². The van der Waals surface area contributed by atoms with Gasteiger partial charge in [0.05, 0.1) is 18.3 Å². The van der Waals surface area contributed by atoms with Gasteiger partial charge in [0.1, 0.15) is 10.8 Å². The first-order valence-corrected chi connectivity index (χ1v) is 9.80. The van der Waals surface area contributed by atoms with Gasteiger partial charge < -0.3 is 4.74 Å². The minimum atomic E-state index is 0.842. The molecule has 0 unspecified atom stereocenters. The van der Waals surface area contributed by atoms with Crippen LogP contribution in [0.3, 0.4) is 0 Å². The molecule has 27 heavy (non-hydrogen) atoms. The lowest BCUT2D eigenvalue weighted by Gasteiger charge is -2.07. The molecule has 0 N–H and O–H groups in total. The van der Waals surface area contributed by atoms with Gasteiger partial charge in [0, 0.05) is 23.7 Å². The molecule has 0 saturated heterocycles. The molecule has 4 rings (SSSR count). The molecule has 0 bridgehead atoms. The van der Waals surface area contributed by atoms with E-state index < -0.39 is 0 Å². The smallest absolute Gasteiger partial charge is 0.122 e. The van der Waals surface area contributed by atoms with Crippen molar-refractivity contribution in [1.82, 2.24) is 14.6 Å². The maximum Gasteiger partial charge on any atom is 0.122 e. The molecule has 5 heteroatoms. The van der Waals surface area contributed by atoms with E-state index in [2.05, 4.69) is 43.1 Å². The molecule has 0 spiro atoms. The van der Waals surface area contributed by atoms with Crippen molar-refractivity contribution in [2.24, 2.45) is 0 Å². The van der Waals surface area contributed by atoms with Gasteiger partial charge in [-0.15, -0.1) is 0 Å². The van der Waals surface area contributed by atoms with Crippen molar-refractivity contribution in [3.8, 4) is 17.0 Å². The molecule has 0 aliphatic heterocycles. The minimum absolute atomic E-state index is 0.842. The Morgan fingerprint density at radius 1 is 1.04 bits per heavy atom. The van der Waals surface area contributed by atoms with Crippen LogP contribution in [0.15, 0.2) is 66.0 Å². The molecule has 2 aromatic carbocycles. The first kappa shape index (κ1) is 17.6. The molecule has 2 aromatic heterocycles. The number of nitrogens with zero attached hydrogens (tertiary/aromatic N) is 3. The van der Waals surface area contributed by atoms with E-state index in [-0.39, 0.29) is 0 Å². The van der Waals surface area contributed by atoms with Gasteiger partial charge in [-0.25, -0.2) is 9.50 Å². The van der Waals surface area contributed by atoms with E-state index in [9.17, 15) is 0 Å². The first-order chi connectivity index (χ1) is 13.1. The lowest BCUT2D eigenvalue weighted by Crippen LogP contribution is -1.93. The highest BCUT2D eigenvalue weighted by molar-refractivity contribution is 7.98. The molecule has 0 aliphatic rings. The Labute approximate surface area is 163 Å². The number of benzene rings is 2.